The number of hydrogen-bond acceptors (Lipinski definition) is 3. The van der Waals surface area contributed by atoms with Crippen LogP contribution in [-0.4, -0.2) is 34.9 Å². The van der Waals surface area contributed by atoms with Crippen molar-refractivity contribution in [2.45, 2.75) is 57.4 Å². The molecule has 1 aromatic carbocycles. The number of nitrogens with zero attached hydrogens (tertiary/aromatic N) is 1. The molecule has 0 radical (unpaired) electrons. The van der Waals surface area contributed by atoms with Gasteiger partial charge in [0, 0.05) is 30.3 Å². The SMILES string of the molecule is C[C@@H]1[C@@H](C)C(=O)CC23CCN(CC4CC4)C(Cc4ccc(O)cc42)[C@@H]13. The molecule has 2 unspecified atom stereocenters. The van der Waals surface area contributed by atoms with Gasteiger partial charge in [-0.3, -0.25) is 9.69 Å². The summed E-state index contributed by atoms with van der Waals surface area (Å²) in [5, 5.41) is 10.1. The van der Waals surface area contributed by atoms with Crippen LogP contribution in [0.4, 0.5) is 0 Å². The number of rotatable bonds is 2. The average molecular weight is 339 g/mol. The summed E-state index contributed by atoms with van der Waals surface area (Å²) in [4.78, 5) is 15.6. The maximum atomic E-state index is 12.8. The van der Waals surface area contributed by atoms with E-state index in [2.05, 4.69) is 24.8 Å². The number of carbonyl (C=O) groups excluding carboxylic acids is 1. The van der Waals surface area contributed by atoms with Crippen molar-refractivity contribution in [3.05, 3.63) is 29.3 Å². The van der Waals surface area contributed by atoms with E-state index in [1.54, 1.807) is 0 Å². The summed E-state index contributed by atoms with van der Waals surface area (Å²) in [6.07, 6.45) is 5.62. The van der Waals surface area contributed by atoms with Gasteiger partial charge in [0.25, 0.3) is 0 Å². The molecule has 1 N–H and O–H groups in total. The zero-order chi connectivity index (χ0) is 17.3. The fourth-order valence-electron chi connectivity index (χ4n) is 6.36. The van der Waals surface area contributed by atoms with E-state index in [1.165, 1.54) is 30.5 Å². The lowest BCUT2D eigenvalue weighted by Gasteiger charge is -2.61. The minimum absolute atomic E-state index is 0.0416. The quantitative estimate of drug-likeness (QED) is 0.896. The van der Waals surface area contributed by atoms with E-state index in [1.807, 2.05) is 12.1 Å². The van der Waals surface area contributed by atoms with Crippen molar-refractivity contribution in [1.82, 2.24) is 4.90 Å². The average Bonchev–Trinajstić information content (AvgIpc) is 3.40. The molecule has 0 aromatic heterocycles. The number of piperidine rings is 1. The van der Waals surface area contributed by atoms with E-state index in [0.717, 1.165) is 25.3 Å². The van der Waals surface area contributed by atoms with Gasteiger partial charge in [0.15, 0.2) is 0 Å². The molecule has 1 heterocycles. The lowest BCUT2D eigenvalue weighted by molar-refractivity contribution is -0.138. The van der Waals surface area contributed by atoms with Crippen LogP contribution in [0.15, 0.2) is 18.2 Å². The van der Waals surface area contributed by atoms with Gasteiger partial charge in [0.1, 0.15) is 11.5 Å². The Hall–Kier alpha value is -1.35. The predicted octanol–water partition coefficient (Wildman–Crippen LogP) is 3.53. The largest absolute Gasteiger partial charge is 0.508 e. The zero-order valence-electron chi connectivity index (χ0n) is 15.4. The van der Waals surface area contributed by atoms with Gasteiger partial charge >= 0.3 is 0 Å². The molecule has 1 saturated heterocycles. The second-order valence-electron chi connectivity index (χ2n) is 9.27. The third kappa shape index (κ3) is 2.24. The number of likely N-dealkylation sites (tertiary alicyclic amines) is 1. The summed E-state index contributed by atoms with van der Waals surface area (Å²) < 4.78 is 0. The zero-order valence-corrected chi connectivity index (χ0v) is 15.4. The van der Waals surface area contributed by atoms with Gasteiger partial charge in [0.05, 0.1) is 0 Å². The molecule has 3 aliphatic carbocycles. The second kappa shape index (κ2) is 5.33. The Balaban J connectivity index is 1.64. The number of carbonyl (C=O) groups is 1. The lowest BCUT2D eigenvalue weighted by Crippen LogP contribution is -2.65. The van der Waals surface area contributed by atoms with Crippen molar-refractivity contribution in [1.29, 1.82) is 0 Å². The van der Waals surface area contributed by atoms with Crippen LogP contribution in [0.5, 0.6) is 5.75 Å². The van der Waals surface area contributed by atoms with Gasteiger partial charge < -0.3 is 5.11 Å². The van der Waals surface area contributed by atoms with E-state index < -0.39 is 0 Å². The predicted molar refractivity (Wildman–Crippen MR) is 97.6 cm³/mol. The van der Waals surface area contributed by atoms with Crippen LogP contribution < -0.4 is 0 Å². The monoisotopic (exact) mass is 339 g/mol. The second-order valence-corrected chi connectivity index (χ2v) is 9.27. The molecule has 3 fully saturated rings. The Kier molecular flexibility index (Phi) is 3.38. The Bertz CT molecular complexity index is 725. The molecule has 25 heavy (non-hydrogen) atoms. The summed E-state index contributed by atoms with van der Waals surface area (Å²) in [5.41, 5.74) is 2.61. The molecule has 3 nitrogen and oxygen atoms in total. The molecule has 3 heteroatoms. The normalized spacial score (nSPS) is 40.5. The highest BCUT2D eigenvalue weighted by molar-refractivity contribution is 5.84. The summed E-state index contributed by atoms with van der Waals surface area (Å²) in [7, 11) is 0. The summed E-state index contributed by atoms with van der Waals surface area (Å²) in [6.45, 7) is 6.81. The standard InChI is InChI=1S/C22H29NO2/c1-13-14(2)21-19-9-16-5-6-17(24)10-18(16)22(21,11-20(13)25)7-8-23(19)12-15-3-4-15/h5-6,10,13-15,19,21,24H,3-4,7-9,11-12H2,1-2H3/t13-,14-,19?,21-,22?/m1/s1. The number of phenols is 1. The van der Waals surface area contributed by atoms with Crippen molar-refractivity contribution in [3.63, 3.8) is 0 Å². The Morgan fingerprint density at radius 3 is 2.84 bits per heavy atom. The Morgan fingerprint density at radius 2 is 2.08 bits per heavy atom. The van der Waals surface area contributed by atoms with Crippen LogP contribution in [-0.2, 0) is 16.6 Å². The third-order valence-electron chi connectivity index (χ3n) is 7.97. The van der Waals surface area contributed by atoms with E-state index in [4.69, 9.17) is 0 Å². The fourth-order valence-corrected chi connectivity index (χ4v) is 6.36. The van der Waals surface area contributed by atoms with Crippen molar-refractivity contribution >= 4 is 5.78 Å². The van der Waals surface area contributed by atoms with E-state index >= 15 is 0 Å². The Labute approximate surface area is 150 Å². The van der Waals surface area contributed by atoms with E-state index in [0.29, 0.717) is 35.8 Å². The highest BCUT2D eigenvalue weighted by Gasteiger charge is 2.59. The maximum Gasteiger partial charge on any atom is 0.136 e. The molecule has 1 aliphatic heterocycles. The van der Waals surface area contributed by atoms with E-state index in [-0.39, 0.29) is 11.3 Å². The van der Waals surface area contributed by atoms with Gasteiger partial charge in [-0.25, -0.2) is 0 Å². The number of phenolic OH excluding ortho intramolecular Hbond substituents is 1. The molecule has 2 saturated carbocycles. The number of aromatic hydroxyl groups is 1. The summed E-state index contributed by atoms with van der Waals surface area (Å²) in [5.74, 6) is 2.82. The van der Waals surface area contributed by atoms with Crippen LogP contribution >= 0.6 is 0 Å². The third-order valence-corrected chi connectivity index (χ3v) is 7.97. The van der Waals surface area contributed by atoms with Gasteiger partial charge in [-0.1, -0.05) is 19.9 Å². The first-order valence-electron chi connectivity index (χ1n) is 10.1. The van der Waals surface area contributed by atoms with Crippen LogP contribution in [0.25, 0.3) is 0 Å². The number of fused-ring (bicyclic) bond motifs is 1. The van der Waals surface area contributed by atoms with Crippen molar-refractivity contribution in [2.75, 3.05) is 13.1 Å². The van der Waals surface area contributed by atoms with Crippen LogP contribution in [0.2, 0.25) is 0 Å². The van der Waals surface area contributed by atoms with Gasteiger partial charge in [-0.15, -0.1) is 0 Å². The topological polar surface area (TPSA) is 40.5 Å². The molecule has 134 valence electrons. The van der Waals surface area contributed by atoms with Crippen LogP contribution in [0, 0.1) is 23.7 Å². The van der Waals surface area contributed by atoms with Crippen molar-refractivity contribution in [2.24, 2.45) is 23.7 Å². The number of ketones is 1. The van der Waals surface area contributed by atoms with Crippen molar-refractivity contribution < 1.29 is 9.90 Å². The Morgan fingerprint density at radius 1 is 1.28 bits per heavy atom. The van der Waals surface area contributed by atoms with Gasteiger partial charge in [-0.2, -0.15) is 0 Å². The molecule has 5 rings (SSSR count). The summed E-state index contributed by atoms with van der Waals surface area (Å²) >= 11 is 0. The molecule has 4 aliphatic rings. The molecular weight excluding hydrogens is 310 g/mol. The van der Waals surface area contributed by atoms with Crippen LogP contribution in [0.1, 0.15) is 50.7 Å². The fraction of sp³-hybridized carbons (Fsp3) is 0.682. The van der Waals surface area contributed by atoms with Crippen molar-refractivity contribution in [3.8, 4) is 5.75 Å². The highest BCUT2D eigenvalue weighted by Crippen LogP contribution is 2.58. The molecular formula is C22H29NO2. The molecule has 0 amide bonds. The van der Waals surface area contributed by atoms with Crippen LogP contribution in [0.3, 0.4) is 0 Å². The highest BCUT2D eigenvalue weighted by atomic mass is 16.3. The smallest absolute Gasteiger partial charge is 0.136 e. The number of benzene rings is 1. The maximum absolute atomic E-state index is 12.8. The minimum Gasteiger partial charge on any atom is -0.508 e. The van der Waals surface area contributed by atoms with Gasteiger partial charge in [-0.05, 0) is 73.2 Å². The lowest BCUT2D eigenvalue weighted by atomic mass is 9.47. The number of Topliss-reactive ketones (excluding diaryl/α,β-unsaturated/α-hetero) is 1. The molecule has 0 spiro atoms. The minimum atomic E-state index is -0.0416. The molecule has 5 atom stereocenters. The first-order chi connectivity index (χ1) is 12.0. The number of hydrogen-bond donors (Lipinski definition) is 1. The first-order valence-corrected chi connectivity index (χ1v) is 10.1. The summed E-state index contributed by atoms with van der Waals surface area (Å²) in [6, 6.07) is 6.49. The molecule has 2 bridgehead atoms. The molecule has 1 aromatic rings. The van der Waals surface area contributed by atoms with Gasteiger partial charge in [0.2, 0.25) is 0 Å². The first kappa shape index (κ1) is 15.9. The van der Waals surface area contributed by atoms with E-state index in [9.17, 15) is 9.90 Å².